The highest BCUT2D eigenvalue weighted by atomic mass is 32.1. The van der Waals surface area contributed by atoms with Gasteiger partial charge in [-0.1, -0.05) is 67.6 Å². The fraction of sp³-hybridized carbons (Fsp3) is 0.238. The fourth-order valence-corrected chi connectivity index (χ4v) is 3.95. The zero-order valence-corrected chi connectivity index (χ0v) is 16.9. The van der Waals surface area contributed by atoms with E-state index in [1.807, 2.05) is 62.4 Å². The molecule has 7 nitrogen and oxygen atoms in total. The number of fused-ring (bicyclic) bond motifs is 1. The van der Waals surface area contributed by atoms with Gasteiger partial charge < -0.3 is 10.2 Å². The number of nitrogens with one attached hydrogen (secondary N) is 2. The molecule has 148 valence electrons. The van der Waals surface area contributed by atoms with Gasteiger partial charge in [0, 0.05) is 11.6 Å². The number of nitrogens with zero attached hydrogens (tertiary/aromatic N) is 3. The molecule has 0 aliphatic carbocycles. The minimum absolute atomic E-state index is 0.101. The molecule has 2 amide bonds. The molecule has 3 aromatic rings. The topological polar surface area (TPSA) is 87.2 Å². The van der Waals surface area contributed by atoms with Crippen molar-refractivity contribution in [2.75, 3.05) is 17.2 Å². The number of carbonyl (C=O) groups is 2. The number of benzene rings is 2. The molecule has 0 spiro atoms. The second kappa shape index (κ2) is 8.00. The van der Waals surface area contributed by atoms with Crippen LogP contribution in [0.2, 0.25) is 0 Å². The molecule has 2 N–H and O–H groups in total. The minimum Gasteiger partial charge on any atom is -0.361 e. The van der Waals surface area contributed by atoms with Crippen LogP contribution in [0.4, 0.5) is 10.8 Å². The van der Waals surface area contributed by atoms with Gasteiger partial charge in [0.05, 0.1) is 5.56 Å². The quantitative estimate of drug-likeness (QED) is 0.670. The first-order chi connectivity index (χ1) is 14.0. The first-order valence-electron chi connectivity index (χ1n) is 9.37. The number of para-hydroxylation sites is 1. The summed E-state index contributed by atoms with van der Waals surface area (Å²) in [6.07, 6.45) is -0.440. The summed E-state index contributed by atoms with van der Waals surface area (Å²) in [7, 11) is 0. The molecular weight excluding hydrogens is 386 g/mol. The van der Waals surface area contributed by atoms with Crippen molar-refractivity contribution < 1.29 is 9.59 Å². The van der Waals surface area contributed by atoms with Gasteiger partial charge in [0.25, 0.3) is 5.91 Å². The smallest absolute Gasteiger partial charge is 0.258 e. The summed E-state index contributed by atoms with van der Waals surface area (Å²) in [5.74, 6) is -0.264. The van der Waals surface area contributed by atoms with Crippen LogP contribution in [0.3, 0.4) is 0 Å². The highest BCUT2D eigenvalue weighted by molar-refractivity contribution is 7.15. The van der Waals surface area contributed by atoms with Crippen molar-refractivity contribution in [3.05, 3.63) is 70.7 Å². The van der Waals surface area contributed by atoms with Crippen LogP contribution in [0.5, 0.6) is 0 Å². The van der Waals surface area contributed by atoms with Gasteiger partial charge in [-0.2, -0.15) is 0 Å². The first-order valence-corrected chi connectivity index (χ1v) is 10.2. The zero-order chi connectivity index (χ0) is 20.4. The van der Waals surface area contributed by atoms with Crippen LogP contribution < -0.4 is 10.6 Å². The second-order valence-corrected chi connectivity index (χ2v) is 8.09. The Kier molecular flexibility index (Phi) is 5.26. The lowest BCUT2D eigenvalue weighted by Crippen LogP contribution is -2.46. The summed E-state index contributed by atoms with van der Waals surface area (Å²) in [5, 5.41) is 15.5. The van der Waals surface area contributed by atoms with Crippen molar-refractivity contribution in [2.24, 2.45) is 0 Å². The molecular formula is C21H21N5O2S. The Morgan fingerprint density at radius 1 is 1.14 bits per heavy atom. The maximum absolute atomic E-state index is 13.2. The molecule has 0 bridgehead atoms. The minimum atomic E-state index is -0.440. The lowest BCUT2D eigenvalue weighted by molar-refractivity contribution is -0.117. The van der Waals surface area contributed by atoms with Crippen LogP contribution in [0.25, 0.3) is 0 Å². The predicted octanol–water partition coefficient (Wildman–Crippen LogP) is 3.87. The fourth-order valence-electron chi connectivity index (χ4n) is 3.19. The van der Waals surface area contributed by atoms with E-state index in [1.54, 1.807) is 6.07 Å². The van der Waals surface area contributed by atoms with Crippen molar-refractivity contribution >= 4 is 34.0 Å². The Morgan fingerprint density at radius 3 is 2.59 bits per heavy atom. The maximum atomic E-state index is 13.2. The third kappa shape index (κ3) is 3.97. The molecule has 0 fully saturated rings. The molecule has 2 heterocycles. The van der Waals surface area contributed by atoms with Gasteiger partial charge in [-0.15, -0.1) is 10.2 Å². The van der Waals surface area contributed by atoms with Crippen LogP contribution in [0.15, 0.2) is 54.6 Å². The Morgan fingerprint density at radius 2 is 1.86 bits per heavy atom. The molecule has 8 heteroatoms. The number of aromatic nitrogens is 2. The molecule has 0 radical (unpaired) electrons. The van der Waals surface area contributed by atoms with E-state index in [-0.39, 0.29) is 24.3 Å². The Balaban J connectivity index is 1.58. The molecule has 0 saturated carbocycles. The number of amides is 2. The highest BCUT2D eigenvalue weighted by Gasteiger charge is 2.34. The van der Waals surface area contributed by atoms with E-state index in [2.05, 4.69) is 20.8 Å². The van der Waals surface area contributed by atoms with Gasteiger partial charge in [-0.05, 0) is 17.7 Å². The molecule has 2 aromatic carbocycles. The van der Waals surface area contributed by atoms with Crippen molar-refractivity contribution in [3.63, 3.8) is 0 Å². The lowest BCUT2D eigenvalue weighted by Gasteiger charge is -2.37. The van der Waals surface area contributed by atoms with Crippen LogP contribution in [0, 0.1) is 0 Å². The van der Waals surface area contributed by atoms with E-state index < -0.39 is 6.17 Å². The van der Waals surface area contributed by atoms with Crippen LogP contribution in [0.1, 0.15) is 46.9 Å². The van der Waals surface area contributed by atoms with Crippen LogP contribution >= 0.6 is 11.3 Å². The number of carbonyl (C=O) groups excluding carboxylic acids is 2. The lowest BCUT2D eigenvalue weighted by atomic mass is 10.0. The third-order valence-corrected chi connectivity index (χ3v) is 5.77. The Hall–Kier alpha value is -3.26. The summed E-state index contributed by atoms with van der Waals surface area (Å²) >= 11 is 1.34. The summed E-state index contributed by atoms with van der Waals surface area (Å²) < 4.78 is 0. The van der Waals surface area contributed by atoms with Crippen LogP contribution in [-0.2, 0) is 4.79 Å². The first kappa shape index (κ1) is 19.1. The molecule has 0 unspecified atom stereocenters. The van der Waals surface area contributed by atoms with Crippen molar-refractivity contribution in [3.8, 4) is 0 Å². The maximum Gasteiger partial charge on any atom is 0.258 e. The summed E-state index contributed by atoms with van der Waals surface area (Å²) in [4.78, 5) is 27.4. The SMILES string of the molecule is CC(C)c1nnc(NC(=O)CN2C(=O)c3ccccc3N[C@H]2c2ccccc2)s1. The molecule has 4 rings (SSSR count). The molecule has 0 saturated heterocycles. The van der Waals surface area contributed by atoms with Gasteiger partial charge in [0.2, 0.25) is 11.0 Å². The summed E-state index contributed by atoms with van der Waals surface area (Å²) in [5.41, 5.74) is 2.21. The standard InChI is InChI=1S/C21H21N5O2S/c1-13(2)19-24-25-21(29-19)23-17(27)12-26-18(14-8-4-3-5-9-14)22-16-11-7-6-10-15(16)20(26)28/h3-11,13,18,22H,12H2,1-2H3,(H,23,25,27)/t18-/m1/s1. The van der Waals surface area contributed by atoms with E-state index in [0.717, 1.165) is 16.3 Å². The zero-order valence-electron chi connectivity index (χ0n) is 16.1. The average molecular weight is 407 g/mol. The molecule has 1 aliphatic heterocycles. The monoisotopic (exact) mass is 407 g/mol. The average Bonchev–Trinajstić information content (AvgIpc) is 3.19. The molecule has 1 atom stereocenters. The van der Waals surface area contributed by atoms with Gasteiger partial charge in [-0.25, -0.2) is 0 Å². The second-order valence-electron chi connectivity index (χ2n) is 7.08. The van der Waals surface area contributed by atoms with Gasteiger partial charge in [0.15, 0.2) is 0 Å². The third-order valence-electron chi connectivity index (χ3n) is 4.63. The van der Waals surface area contributed by atoms with E-state index in [0.29, 0.717) is 10.7 Å². The Labute approximate surface area is 172 Å². The number of hydrogen-bond acceptors (Lipinski definition) is 6. The van der Waals surface area contributed by atoms with E-state index in [4.69, 9.17) is 0 Å². The summed E-state index contributed by atoms with van der Waals surface area (Å²) in [6.45, 7) is 3.94. The van der Waals surface area contributed by atoms with Gasteiger partial charge in [-0.3, -0.25) is 14.9 Å². The van der Waals surface area contributed by atoms with E-state index in [1.165, 1.54) is 16.2 Å². The molecule has 1 aliphatic rings. The number of hydrogen-bond donors (Lipinski definition) is 2. The van der Waals surface area contributed by atoms with Crippen molar-refractivity contribution in [1.82, 2.24) is 15.1 Å². The summed E-state index contributed by atoms with van der Waals surface area (Å²) in [6, 6.07) is 16.9. The van der Waals surface area contributed by atoms with Gasteiger partial charge >= 0.3 is 0 Å². The normalized spacial score (nSPS) is 15.8. The van der Waals surface area contributed by atoms with E-state index >= 15 is 0 Å². The number of anilines is 2. The van der Waals surface area contributed by atoms with Gasteiger partial charge in [0.1, 0.15) is 17.7 Å². The predicted molar refractivity (Wildman–Crippen MR) is 113 cm³/mol. The molecule has 29 heavy (non-hydrogen) atoms. The Bertz CT molecular complexity index is 1030. The highest BCUT2D eigenvalue weighted by Crippen LogP contribution is 2.33. The van der Waals surface area contributed by atoms with Crippen molar-refractivity contribution in [2.45, 2.75) is 25.9 Å². The number of rotatable bonds is 5. The molecule has 1 aromatic heterocycles. The van der Waals surface area contributed by atoms with Crippen LogP contribution in [-0.4, -0.2) is 33.5 Å². The van der Waals surface area contributed by atoms with Crippen molar-refractivity contribution in [1.29, 1.82) is 0 Å². The van der Waals surface area contributed by atoms with E-state index in [9.17, 15) is 9.59 Å². The largest absolute Gasteiger partial charge is 0.361 e.